The highest BCUT2D eigenvalue weighted by Crippen LogP contribution is 2.30. The van der Waals surface area contributed by atoms with Crippen molar-refractivity contribution in [1.29, 1.82) is 0 Å². The first kappa shape index (κ1) is 36.0. The van der Waals surface area contributed by atoms with Gasteiger partial charge < -0.3 is 24.6 Å². The van der Waals surface area contributed by atoms with Crippen LogP contribution in [0.25, 0.3) is 0 Å². The van der Waals surface area contributed by atoms with E-state index in [0.717, 1.165) is 17.6 Å². The summed E-state index contributed by atoms with van der Waals surface area (Å²) in [6.07, 6.45) is 19.7. The lowest BCUT2D eigenvalue weighted by atomic mass is 9.87. The van der Waals surface area contributed by atoms with Gasteiger partial charge in [0.25, 0.3) is 5.91 Å². The second kappa shape index (κ2) is 17.2. The van der Waals surface area contributed by atoms with E-state index in [4.69, 9.17) is 14.2 Å². The number of methoxy groups -OCH3 is 1. The number of nitrogens with one attached hydrogen (secondary N) is 1. The number of esters is 1. The summed E-state index contributed by atoms with van der Waals surface area (Å²) < 4.78 is 17.5. The van der Waals surface area contributed by atoms with E-state index in [0.29, 0.717) is 12.8 Å². The van der Waals surface area contributed by atoms with Gasteiger partial charge in [0.1, 0.15) is 6.10 Å². The molecule has 0 bridgehead atoms. The predicted molar refractivity (Wildman–Crippen MR) is 179 cm³/mol. The molecule has 1 aromatic carbocycles. The minimum atomic E-state index is -1.20. The van der Waals surface area contributed by atoms with Crippen LogP contribution in [-0.2, 0) is 29.4 Å². The zero-order chi connectivity index (χ0) is 33.0. The normalized spacial score (nSPS) is 27.5. The number of carbonyl (C=O) groups is 2. The third kappa shape index (κ3) is 10.5. The van der Waals surface area contributed by atoms with Gasteiger partial charge in [0.2, 0.25) is 0 Å². The molecule has 2 N–H and O–H groups in total. The lowest BCUT2D eigenvalue weighted by Gasteiger charge is -2.40. The highest BCUT2D eigenvalue weighted by atomic mass is 16.5. The van der Waals surface area contributed by atoms with E-state index in [-0.39, 0.29) is 35.9 Å². The van der Waals surface area contributed by atoms with E-state index in [9.17, 15) is 14.7 Å². The molecule has 0 radical (unpaired) electrons. The predicted octanol–water partition coefficient (Wildman–Crippen LogP) is 6.67. The summed E-state index contributed by atoms with van der Waals surface area (Å²) in [7, 11) is 1.53. The molecule has 7 nitrogen and oxygen atoms in total. The van der Waals surface area contributed by atoms with Gasteiger partial charge >= 0.3 is 5.97 Å². The minimum absolute atomic E-state index is 0.0594. The van der Waals surface area contributed by atoms with Gasteiger partial charge in [0, 0.05) is 31.9 Å². The SMILES string of the molecule is C/C=C/[C@@H]1O[C@H]([C@@H](/C=C/C=C(\C)C[C@@H](C)/C=C(C)\C=C\[C@H]2CC=CC(=O)O2)NC(=O)[C@](C)(OC)c2ccccc2)C[C@@H](O)[C@@H]1C. The number of aliphatic hydroxyl groups excluding tert-OH is 1. The Morgan fingerprint density at radius 3 is 2.62 bits per heavy atom. The molecule has 2 heterocycles. The van der Waals surface area contributed by atoms with Crippen molar-refractivity contribution >= 4 is 11.9 Å². The maximum Gasteiger partial charge on any atom is 0.331 e. The number of hydrogen-bond acceptors (Lipinski definition) is 6. The van der Waals surface area contributed by atoms with Crippen LogP contribution in [0.15, 0.2) is 102 Å². The number of aliphatic hydroxyl groups is 1. The first-order chi connectivity index (χ1) is 21.5. The first-order valence-corrected chi connectivity index (χ1v) is 15.9. The smallest absolute Gasteiger partial charge is 0.331 e. The van der Waals surface area contributed by atoms with Crippen molar-refractivity contribution in [2.45, 2.75) is 96.9 Å². The molecule has 1 amide bonds. The lowest BCUT2D eigenvalue weighted by molar-refractivity contribution is -0.148. The molecule has 0 aromatic heterocycles. The number of benzene rings is 1. The molecule has 7 heteroatoms. The molecule has 45 heavy (non-hydrogen) atoms. The summed E-state index contributed by atoms with van der Waals surface area (Å²) in [6.45, 7) is 12.0. The number of carbonyl (C=O) groups excluding carboxylic acids is 2. The van der Waals surface area contributed by atoms with Gasteiger partial charge in [0.05, 0.1) is 24.4 Å². The van der Waals surface area contributed by atoms with Crippen molar-refractivity contribution in [3.05, 3.63) is 108 Å². The highest BCUT2D eigenvalue weighted by molar-refractivity contribution is 5.86. The van der Waals surface area contributed by atoms with Crippen molar-refractivity contribution in [1.82, 2.24) is 5.32 Å². The Morgan fingerprint density at radius 1 is 1.22 bits per heavy atom. The Hall–Kier alpha value is -3.52. The zero-order valence-electron chi connectivity index (χ0n) is 27.8. The minimum Gasteiger partial charge on any atom is -0.455 e. The molecule has 8 atom stereocenters. The van der Waals surface area contributed by atoms with Crippen LogP contribution in [0.4, 0.5) is 0 Å². The fraction of sp³-hybridized carbons (Fsp3) is 0.474. The van der Waals surface area contributed by atoms with Gasteiger partial charge in [-0.15, -0.1) is 0 Å². The summed E-state index contributed by atoms with van der Waals surface area (Å²) in [5.74, 6) is -0.358. The highest BCUT2D eigenvalue weighted by Gasteiger charge is 2.40. The number of allylic oxidation sites excluding steroid dienone is 7. The van der Waals surface area contributed by atoms with Crippen LogP contribution in [0.2, 0.25) is 0 Å². The van der Waals surface area contributed by atoms with E-state index in [1.807, 2.05) is 93.6 Å². The van der Waals surface area contributed by atoms with E-state index >= 15 is 0 Å². The third-order valence-corrected chi connectivity index (χ3v) is 8.53. The third-order valence-electron chi connectivity index (χ3n) is 8.53. The Kier molecular flexibility index (Phi) is 13.8. The summed E-state index contributed by atoms with van der Waals surface area (Å²) in [6, 6.07) is 8.92. The molecule has 2 aliphatic rings. The molecular weight excluding hydrogens is 566 g/mol. The van der Waals surface area contributed by atoms with E-state index in [1.165, 1.54) is 18.8 Å². The van der Waals surface area contributed by atoms with E-state index in [1.54, 1.807) is 6.92 Å². The Bertz CT molecular complexity index is 1310. The molecule has 0 aliphatic carbocycles. The molecule has 0 unspecified atom stereocenters. The second-order valence-corrected chi connectivity index (χ2v) is 12.4. The van der Waals surface area contributed by atoms with Crippen molar-refractivity contribution < 1.29 is 28.9 Å². The number of amides is 1. The topological polar surface area (TPSA) is 94.1 Å². The number of ether oxygens (including phenoxy) is 3. The Balaban J connectivity index is 1.75. The summed E-state index contributed by atoms with van der Waals surface area (Å²) in [5, 5.41) is 14.1. The molecule has 0 spiro atoms. The van der Waals surface area contributed by atoms with E-state index < -0.39 is 23.9 Å². The molecule has 1 saturated heterocycles. The molecule has 0 saturated carbocycles. The quantitative estimate of drug-likeness (QED) is 0.146. The van der Waals surface area contributed by atoms with Crippen LogP contribution in [0.5, 0.6) is 0 Å². The Morgan fingerprint density at radius 2 is 1.96 bits per heavy atom. The van der Waals surface area contributed by atoms with Crippen molar-refractivity contribution in [3.63, 3.8) is 0 Å². The van der Waals surface area contributed by atoms with E-state index in [2.05, 4.69) is 31.3 Å². The monoisotopic (exact) mass is 617 g/mol. The van der Waals surface area contributed by atoms with Crippen LogP contribution >= 0.6 is 0 Å². The van der Waals surface area contributed by atoms with Crippen LogP contribution in [-0.4, -0.2) is 54.6 Å². The van der Waals surface area contributed by atoms with Gasteiger partial charge in [-0.3, -0.25) is 4.79 Å². The average molecular weight is 618 g/mol. The van der Waals surface area contributed by atoms with Crippen molar-refractivity contribution in [2.24, 2.45) is 11.8 Å². The molecule has 1 aromatic rings. The molecule has 244 valence electrons. The van der Waals surface area contributed by atoms with Gasteiger partial charge in [0.15, 0.2) is 5.60 Å². The molecule has 1 fully saturated rings. The summed E-state index contributed by atoms with van der Waals surface area (Å²) in [5.41, 5.74) is 1.83. The fourth-order valence-electron chi connectivity index (χ4n) is 5.74. The van der Waals surface area contributed by atoms with Crippen molar-refractivity contribution in [3.8, 4) is 0 Å². The second-order valence-electron chi connectivity index (χ2n) is 12.4. The van der Waals surface area contributed by atoms with Gasteiger partial charge in [-0.25, -0.2) is 4.79 Å². The standard InChI is InChI=1S/C38H51NO6/c1-8-14-34-29(5)33(40)25-35(45-34)32(39-37(42)38(6,43-7)30-16-10-9-11-17-30)19-12-15-26(2)23-28(4)24-27(3)21-22-31-18-13-20-36(41)44-31/h8-17,19-22,24,28-29,31-35,40H,18,23,25H2,1-7H3,(H,39,42)/b14-8+,19-12+,22-21+,26-15+,27-24-/t28-,29+,31-,32-,33-,34+,35+,38-/m1/s1. The fourth-order valence-corrected chi connectivity index (χ4v) is 5.74. The van der Waals surface area contributed by atoms with Crippen LogP contribution in [0.3, 0.4) is 0 Å². The Labute approximate surface area is 269 Å². The lowest BCUT2D eigenvalue weighted by Crippen LogP contribution is -2.55. The van der Waals surface area contributed by atoms with Crippen molar-refractivity contribution in [2.75, 3.05) is 7.11 Å². The molecular formula is C38H51NO6. The number of hydrogen-bond donors (Lipinski definition) is 2. The van der Waals surface area contributed by atoms with Gasteiger partial charge in [-0.2, -0.15) is 0 Å². The number of rotatable bonds is 13. The van der Waals surface area contributed by atoms with Gasteiger partial charge in [-0.05, 0) is 51.7 Å². The maximum absolute atomic E-state index is 13.8. The van der Waals surface area contributed by atoms with Crippen LogP contribution in [0.1, 0.15) is 66.4 Å². The summed E-state index contributed by atoms with van der Waals surface area (Å²) in [4.78, 5) is 25.2. The summed E-state index contributed by atoms with van der Waals surface area (Å²) >= 11 is 0. The average Bonchev–Trinajstić information content (AvgIpc) is 3.01. The molecule has 2 aliphatic heterocycles. The zero-order valence-corrected chi connectivity index (χ0v) is 27.8. The van der Waals surface area contributed by atoms with Gasteiger partial charge in [-0.1, -0.05) is 104 Å². The van der Waals surface area contributed by atoms with Crippen LogP contribution < -0.4 is 5.32 Å². The largest absolute Gasteiger partial charge is 0.455 e. The number of cyclic esters (lactones) is 1. The maximum atomic E-state index is 13.8. The molecule has 3 rings (SSSR count). The van der Waals surface area contributed by atoms with Crippen LogP contribution in [0, 0.1) is 11.8 Å². The first-order valence-electron chi connectivity index (χ1n) is 15.9.